The van der Waals surface area contributed by atoms with E-state index in [4.69, 9.17) is 14.2 Å². The Balaban J connectivity index is 1.61. The molecule has 0 aliphatic carbocycles. The van der Waals surface area contributed by atoms with Gasteiger partial charge >= 0.3 is 0 Å². The maximum atomic E-state index is 10.2. The SMILES string of the molecule is COc1ccc(C2=NN[C@@H](c3cc(Br)cc4c3OCOC4)C2)c(O)c1. The molecule has 2 aromatic rings. The van der Waals surface area contributed by atoms with Gasteiger partial charge in [0.2, 0.25) is 0 Å². The Morgan fingerprint density at radius 1 is 1.32 bits per heavy atom. The molecule has 0 aromatic heterocycles. The van der Waals surface area contributed by atoms with Gasteiger partial charge in [-0.15, -0.1) is 0 Å². The van der Waals surface area contributed by atoms with Crippen LogP contribution in [0.25, 0.3) is 0 Å². The van der Waals surface area contributed by atoms with Gasteiger partial charge in [0.05, 0.1) is 25.5 Å². The summed E-state index contributed by atoms with van der Waals surface area (Å²) in [5.41, 5.74) is 6.69. The zero-order chi connectivity index (χ0) is 17.4. The first-order valence-corrected chi connectivity index (χ1v) is 8.67. The van der Waals surface area contributed by atoms with Gasteiger partial charge in [-0.3, -0.25) is 0 Å². The van der Waals surface area contributed by atoms with Crippen LogP contribution in [-0.2, 0) is 11.3 Å². The van der Waals surface area contributed by atoms with Crippen LogP contribution < -0.4 is 14.9 Å². The first-order chi connectivity index (χ1) is 12.2. The molecule has 2 aliphatic rings. The third-order valence-electron chi connectivity index (χ3n) is 4.35. The summed E-state index contributed by atoms with van der Waals surface area (Å²) < 4.78 is 17.2. The van der Waals surface area contributed by atoms with E-state index in [-0.39, 0.29) is 18.6 Å². The molecule has 7 heteroatoms. The molecule has 0 unspecified atom stereocenters. The van der Waals surface area contributed by atoms with Gasteiger partial charge in [-0.1, -0.05) is 15.9 Å². The third kappa shape index (κ3) is 3.05. The Kier molecular flexibility index (Phi) is 4.27. The maximum absolute atomic E-state index is 10.2. The van der Waals surface area contributed by atoms with E-state index in [1.807, 2.05) is 24.3 Å². The number of hydrazone groups is 1. The van der Waals surface area contributed by atoms with E-state index in [0.717, 1.165) is 27.1 Å². The van der Waals surface area contributed by atoms with Gasteiger partial charge in [0.25, 0.3) is 0 Å². The Hall–Kier alpha value is -2.25. The van der Waals surface area contributed by atoms with Crippen molar-refractivity contribution in [3.63, 3.8) is 0 Å². The Morgan fingerprint density at radius 3 is 3.00 bits per heavy atom. The van der Waals surface area contributed by atoms with E-state index in [2.05, 4.69) is 26.5 Å². The molecule has 0 saturated carbocycles. The first kappa shape index (κ1) is 16.2. The second-order valence-electron chi connectivity index (χ2n) is 5.92. The monoisotopic (exact) mass is 404 g/mol. The molecule has 0 amide bonds. The first-order valence-electron chi connectivity index (χ1n) is 7.88. The van der Waals surface area contributed by atoms with Crippen molar-refractivity contribution in [3.05, 3.63) is 51.5 Å². The van der Waals surface area contributed by atoms with Gasteiger partial charge in [-0.2, -0.15) is 5.10 Å². The van der Waals surface area contributed by atoms with Gasteiger partial charge < -0.3 is 24.7 Å². The molecule has 0 saturated heterocycles. The summed E-state index contributed by atoms with van der Waals surface area (Å²) in [6.45, 7) is 0.781. The number of halogens is 1. The molecular formula is C18H17BrN2O4. The highest BCUT2D eigenvalue weighted by atomic mass is 79.9. The number of hydrogen-bond acceptors (Lipinski definition) is 6. The molecule has 0 fully saturated rings. The largest absolute Gasteiger partial charge is 0.507 e. The molecule has 130 valence electrons. The van der Waals surface area contributed by atoms with Crippen molar-refractivity contribution in [2.75, 3.05) is 13.9 Å². The highest BCUT2D eigenvalue weighted by molar-refractivity contribution is 9.10. The molecule has 2 aromatic carbocycles. The predicted octanol–water partition coefficient (Wildman–Crippen LogP) is 3.47. The van der Waals surface area contributed by atoms with Crippen molar-refractivity contribution in [1.29, 1.82) is 0 Å². The van der Waals surface area contributed by atoms with Crippen LogP contribution in [0.15, 0.2) is 39.9 Å². The number of rotatable bonds is 3. The predicted molar refractivity (Wildman–Crippen MR) is 96.1 cm³/mol. The topological polar surface area (TPSA) is 72.3 Å². The molecule has 2 N–H and O–H groups in total. The zero-order valence-electron chi connectivity index (χ0n) is 13.6. The van der Waals surface area contributed by atoms with Crippen LogP contribution in [0.5, 0.6) is 17.2 Å². The number of phenols is 1. The van der Waals surface area contributed by atoms with Gasteiger partial charge in [0, 0.05) is 33.7 Å². The molecule has 2 heterocycles. The highest BCUT2D eigenvalue weighted by Crippen LogP contribution is 2.39. The van der Waals surface area contributed by atoms with Crippen molar-refractivity contribution in [2.24, 2.45) is 5.10 Å². The Morgan fingerprint density at radius 2 is 2.20 bits per heavy atom. The van der Waals surface area contributed by atoms with Crippen molar-refractivity contribution >= 4 is 21.6 Å². The van der Waals surface area contributed by atoms with Crippen molar-refractivity contribution in [1.82, 2.24) is 5.43 Å². The molecule has 0 radical (unpaired) electrons. The van der Waals surface area contributed by atoms with Crippen LogP contribution in [0.2, 0.25) is 0 Å². The number of nitrogens with zero attached hydrogens (tertiary/aromatic N) is 1. The molecule has 4 rings (SSSR count). The number of methoxy groups -OCH3 is 1. The molecule has 0 bridgehead atoms. The number of aromatic hydroxyl groups is 1. The fourth-order valence-corrected chi connectivity index (χ4v) is 3.66. The van der Waals surface area contributed by atoms with E-state index in [1.54, 1.807) is 13.2 Å². The molecule has 1 atom stereocenters. The van der Waals surface area contributed by atoms with Crippen LogP contribution in [0, 0.1) is 0 Å². The second kappa shape index (κ2) is 6.57. The van der Waals surface area contributed by atoms with Crippen LogP contribution in [0.1, 0.15) is 29.2 Å². The highest BCUT2D eigenvalue weighted by Gasteiger charge is 2.28. The number of hydrogen-bond donors (Lipinski definition) is 2. The Bertz CT molecular complexity index is 853. The Labute approximate surface area is 153 Å². The molecule has 25 heavy (non-hydrogen) atoms. The van der Waals surface area contributed by atoms with Crippen LogP contribution in [0.3, 0.4) is 0 Å². The lowest BCUT2D eigenvalue weighted by Gasteiger charge is -2.23. The number of phenolic OH excluding ortho intramolecular Hbond substituents is 1. The molecule has 2 aliphatic heterocycles. The molecular weight excluding hydrogens is 388 g/mol. The van der Waals surface area contributed by atoms with Crippen molar-refractivity contribution in [2.45, 2.75) is 19.1 Å². The van der Waals surface area contributed by atoms with Crippen LogP contribution >= 0.6 is 15.9 Å². The lowest BCUT2D eigenvalue weighted by molar-refractivity contribution is -0.0173. The van der Waals surface area contributed by atoms with E-state index < -0.39 is 0 Å². The normalized spacial score (nSPS) is 18.8. The minimum atomic E-state index is -0.0270. The van der Waals surface area contributed by atoms with E-state index in [1.165, 1.54) is 0 Å². The second-order valence-corrected chi connectivity index (χ2v) is 6.84. The van der Waals surface area contributed by atoms with Crippen molar-refractivity contribution < 1.29 is 19.3 Å². The minimum absolute atomic E-state index is 0.0270. The fraction of sp³-hybridized carbons (Fsp3) is 0.278. The lowest BCUT2D eigenvalue weighted by atomic mass is 9.96. The number of fused-ring (bicyclic) bond motifs is 1. The van der Waals surface area contributed by atoms with Gasteiger partial charge in [-0.25, -0.2) is 0 Å². The smallest absolute Gasteiger partial charge is 0.189 e. The number of nitrogens with one attached hydrogen (secondary N) is 1. The molecule has 6 nitrogen and oxygen atoms in total. The summed E-state index contributed by atoms with van der Waals surface area (Å²) in [6.07, 6.45) is 0.646. The van der Waals surface area contributed by atoms with Crippen LogP contribution in [-0.4, -0.2) is 24.7 Å². The van der Waals surface area contributed by atoms with Crippen molar-refractivity contribution in [3.8, 4) is 17.2 Å². The van der Waals surface area contributed by atoms with Gasteiger partial charge in [0.1, 0.15) is 17.2 Å². The summed E-state index contributed by atoms with van der Waals surface area (Å²) in [6, 6.07) is 9.23. The minimum Gasteiger partial charge on any atom is -0.507 e. The summed E-state index contributed by atoms with van der Waals surface area (Å²) in [5.74, 6) is 1.61. The third-order valence-corrected chi connectivity index (χ3v) is 4.81. The lowest BCUT2D eigenvalue weighted by Crippen LogP contribution is -2.17. The van der Waals surface area contributed by atoms with E-state index >= 15 is 0 Å². The van der Waals surface area contributed by atoms with Gasteiger partial charge in [-0.05, 0) is 24.3 Å². The number of ether oxygens (including phenoxy) is 3. The average Bonchev–Trinajstić information content (AvgIpc) is 3.10. The summed E-state index contributed by atoms with van der Waals surface area (Å²) in [5, 5.41) is 14.7. The fourth-order valence-electron chi connectivity index (χ4n) is 3.14. The van der Waals surface area contributed by atoms with Crippen LogP contribution in [0.4, 0.5) is 0 Å². The quantitative estimate of drug-likeness (QED) is 0.819. The summed E-state index contributed by atoms with van der Waals surface area (Å²) in [4.78, 5) is 0. The van der Waals surface area contributed by atoms with Gasteiger partial charge in [0.15, 0.2) is 6.79 Å². The standard InChI is InChI=1S/C18H17BrN2O4/c1-23-12-2-3-13(17(22)6-12)15-7-16(21-20-15)14-5-11(19)4-10-8-24-9-25-18(10)14/h2-6,16,21-22H,7-9H2,1H3/t16-/m1/s1. The average molecular weight is 405 g/mol. The summed E-state index contributed by atoms with van der Waals surface area (Å²) >= 11 is 3.55. The summed E-state index contributed by atoms with van der Waals surface area (Å²) in [7, 11) is 1.57. The number of benzene rings is 2. The zero-order valence-corrected chi connectivity index (χ0v) is 15.2. The van der Waals surface area contributed by atoms with E-state index in [0.29, 0.717) is 24.3 Å². The maximum Gasteiger partial charge on any atom is 0.189 e. The molecule has 0 spiro atoms. The van der Waals surface area contributed by atoms with E-state index in [9.17, 15) is 5.11 Å².